The van der Waals surface area contributed by atoms with Crippen LogP contribution in [0, 0.1) is 5.82 Å². The molecule has 2 N–H and O–H groups in total. The molecular weight excluding hydrogens is 227 g/mol. The van der Waals surface area contributed by atoms with Crippen LogP contribution >= 0.6 is 11.6 Å². The summed E-state index contributed by atoms with van der Waals surface area (Å²) < 4.78 is 13.1. The molecule has 0 amide bonds. The number of benzene rings is 1. The fraction of sp³-hybridized carbons (Fsp3) is 0.500. The Morgan fingerprint density at radius 1 is 1.38 bits per heavy atom. The van der Waals surface area contributed by atoms with Gasteiger partial charge in [-0.2, -0.15) is 0 Å². The van der Waals surface area contributed by atoms with E-state index >= 15 is 0 Å². The second-order valence-electron chi connectivity index (χ2n) is 4.19. The number of hydrogen-bond acceptors (Lipinski definition) is 2. The maximum absolute atomic E-state index is 13.1. The highest BCUT2D eigenvalue weighted by molar-refractivity contribution is 6.30. The Kier molecular flexibility index (Phi) is 4.02. The quantitative estimate of drug-likeness (QED) is 0.852. The second kappa shape index (κ2) is 5.51. The smallest absolute Gasteiger partial charge is 0.126 e. The van der Waals surface area contributed by atoms with Gasteiger partial charge in [0, 0.05) is 23.3 Å². The molecule has 1 aliphatic heterocycles. The molecule has 16 heavy (non-hydrogen) atoms. The van der Waals surface area contributed by atoms with Gasteiger partial charge in [-0.15, -0.1) is 0 Å². The van der Waals surface area contributed by atoms with Gasteiger partial charge in [-0.25, -0.2) is 4.39 Å². The van der Waals surface area contributed by atoms with E-state index in [2.05, 4.69) is 10.6 Å². The van der Waals surface area contributed by atoms with Gasteiger partial charge in [0.25, 0.3) is 0 Å². The van der Waals surface area contributed by atoms with Gasteiger partial charge in [0.1, 0.15) is 5.82 Å². The number of halogens is 2. The molecule has 1 heterocycles. The summed E-state index contributed by atoms with van der Waals surface area (Å²) in [5, 5.41) is 7.07. The molecule has 1 atom stereocenters. The highest BCUT2D eigenvalue weighted by Crippen LogP contribution is 2.18. The minimum Gasteiger partial charge on any atom is -0.383 e. The van der Waals surface area contributed by atoms with E-state index < -0.39 is 0 Å². The maximum atomic E-state index is 13.1. The topological polar surface area (TPSA) is 24.1 Å². The number of rotatable bonds is 3. The molecule has 2 rings (SSSR count). The molecule has 88 valence electrons. The van der Waals surface area contributed by atoms with Crippen LogP contribution in [0.3, 0.4) is 0 Å². The molecule has 0 aliphatic carbocycles. The van der Waals surface area contributed by atoms with E-state index in [9.17, 15) is 4.39 Å². The van der Waals surface area contributed by atoms with Crippen molar-refractivity contribution in [3.63, 3.8) is 0 Å². The van der Waals surface area contributed by atoms with Crippen LogP contribution in [-0.2, 0) is 0 Å². The van der Waals surface area contributed by atoms with Crippen molar-refractivity contribution in [3.8, 4) is 0 Å². The van der Waals surface area contributed by atoms with Gasteiger partial charge >= 0.3 is 0 Å². The molecule has 1 aromatic rings. The Bertz CT molecular complexity index is 331. The molecule has 0 saturated carbocycles. The lowest BCUT2D eigenvalue weighted by atomic mass is 10.1. The molecule has 1 unspecified atom stereocenters. The van der Waals surface area contributed by atoms with Crippen LogP contribution in [-0.4, -0.2) is 19.1 Å². The Hall–Kier alpha value is -0.800. The average molecular weight is 243 g/mol. The van der Waals surface area contributed by atoms with Crippen LogP contribution in [0.1, 0.15) is 19.3 Å². The molecule has 1 saturated heterocycles. The number of hydrogen-bond donors (Lipinski definition) is 2. The normalized spacial score (nSPS) is 20.8. The lowest BCUT2D eigenvalue weighted by molar-refractivity contribution is 0.414. The highest BCUT2D eigenvalue weighted by Gasteiger charge is 2.11. The summed E-state index contributed by atoms with van der Waals surface area (Å²) in [4.78, 5) is 0. The third-order valence-electron chi connectivity index (χ3n) is 2.83. The SMILES string of the molecule is Fc1cc(Cl)cc(NCC2CCCCN2)c1. The van der Waals surface area contributed by atoms with Gasteiger partial charge in [-0.3, -0.25) is 0 Å². The number of nitrogens with one attached hydrogen (secondary N) is 2. The minimum atomic E-state index is -0.299. The van der Waals surface area contributed by atoms with Crippen LogP contribution in [0.15, 0.2) is 18.2 Å². The molecule has 1 aromatic carbocycles. The predicted molar refractivity (Wildman–Crippen MR) is 65.5 cm³/mol. The van der Waals surface area contributed by atoms with Gasteiger partial charge in [-0.05, 0) is 37.6 Å². The Morgan fingerprint density at radius 2 is 2.25 bits per heavy atom. The summed E-state index contributed by atoms with van der Waals surface area (Å²) in [6.45, 7) is 1.90. The summed E-state index contributed by atoms with van der Waals surface area (Å²) in [6.07, 6.45) is 3.70. The van der Waals surface area contributed by atoms with Gasteiger partial charge in [-0.1, -0.05) is 18.0 Å². The monoisotopic (exact) mass is 242 g/mol. The first-order valence-electron chi connectivity index (χ1n) is 5.67. The molecule has 2 nitrogen and oxygen atoms in total. The van der Waals surface area contributed by atoms with E-state index in [0.29, 0.717) is 11.1 Å². The van der Waals surface area contributed by atoms with Crippen LogP contribution < -0.4 is 10.6 Å². The summed E-state index contributed by atoms with van der Waals surface area (Å²) in [7, 11) is 0. The highest BCUT2D eigenvalue weighted by atomic mass is 35.5. The molecule has 0 radical (unpaired) electrons. The van der Waals surface area contributed by atoms with E-state index in [0.717, 1.165) is 18.8 Å². The third kappa shape index (κ3) is 3.35. The molecule has 4 heteroatoms. The summed E-state index contributed by atoms with van der Waals surface area (Å²) in [5.41, 5.74) is 0.748. The molecule has 0 aromatic heterocycles. The molecule has 1 aliphatic rings. The zero-order chi connectivity index (χ0) is 11.4. The third-order valence-corrected chi connectivity index (χ3v) is 3.05. The van der Waals surface area contributed by atoms with E-state index in [-0.39, 0.29) is 5.82 Å². The minimum absolute atomic E-state index is 0.299. The van der Waals surface area contributed by atoms with Gasteiger partial charge in [0.05, 0.1) is 0 Å². The molecule has 1 fully saturated rings. The van der Waals surface area contributed by atoms with Gasteiger partial charge < -0.3 is 10.6 Å². The van der Waals surface area contributed by atoms with E-state index in [1.54, 1.807) is 6.07 Å². The summed E-state index contributed by atoms with van der Waals surface area (Å²) in [6, 6.07) is 5.00. The molecule has 0 bridgehead atoms. The zero-order valence-corrected chi connectivity index (χ0v) is 9.86. The average Bonchev–Trinajstić information content (AvgIpc) is 2.27. The van der Waals surface area contributed by atoms with Crippen molar-refractivity contribution < 1.29 is 4.39 Å². The van der Waals surface area contributed by atoms with Crippen molar-refractivity contribution in [2.24, 2.45) is 0 Å². The number of piperidine rings is 1. The Balaban J connectivity index is 1.88. The Labute approximate surface area is 100 Å². The number of anilines is 1. The van der Waals surface area contributed by atoms with Crippen molar-refractivity contribution >= 4 is 17.3 Å². The molecular formula is C12H16ClFN2. The first-order valence-corrected chi connectivity index (χ1v) is 6.05. The van der Waals surface area contributed by atoms with Crippen molar-refractivity contribution in [1.29, 1.82) is 0 Å². The van der Waals surface area contributed by atoms with Crippen molar-refractivity contribution in [3.05, 3.63) is 29.0 Å². The van der Waals surface area contributed by atoms with E-state index in [4.69, 9.17) is 11.6 Å². The fourth-order valence-corrected chi connectivity index (χ4v) is 2.22. The van der Waals surface area contributed by atoms with Crippen molar-refractivity contribution in [2.45, 2.75) is 25.3 Å². The lowest BCUT2D eigenvalue weighted by Crippen LogP contribution is -2.39. The van der Waals surface area contributed by atoms with Crippen LogP contribution in [0.4, 0.5) is 10.1 Å². The standard InChI is InChI=1S/C12H16ClFN2/c13-9-5-10(14)7-12(6-9)16-8-11-3-1-2-4-15-11/h5-7,11,15-16H,1-4,8H2. The summed E-state index contributed by atoms with van der Waals surface area (Å²) in [5.74, 6) is -0.299. The van der Waals surface area contributed by atoms with Gasteiger partial charge in [0.15, 0.2) is 0 Å². The lowest BCUT2D eigenvalue weighted by Gasteiger charge is -2.24. The zero-order valence-electron chi connectivity index (χ0n) is 9.10. The van der Waals surface area contributed by atoms with Crippen molar-refractivity contribution in [2.75, 3.05) is 18.4 Å². The predicted octanol–water partition coefficient (Wildman–Crippen LogP) is 3.03. The van der Waals surface area contributed by atoms with Crippen LogP contribution in [0.25, 0.3) is 0 Å². The largest absolute Gasteiger partial charge is 0.383 e. The fourth-order valence-electron chi connectivity index (χ4n) is 2.00. The summed E-state index contributed by atoms with van der Waals surface area (Å²) >= 11 is 5.78. The maximum Gasteiger partial charge on any atom is 0.126 e. The van der Waals surface area contributed by atoms with Gasteiger partial charge in [0.2, 0.25) is 0 Å². The van der Waals surface area contributed by atoms with Crippen LogP contribution in [0.5, 0.6) is 0 Å². The molecule has 0 spiro atoms. The van der Waals surface area contributed by atoms with Crippen LogP contribution in [0.2, 0.25) is 5.02 Å². The van der Waals surface area contributed by atoms with E-state index in [1.165, 1.54) is 31.4 Å². The second-order valence-corrected chi connectivity index (χ2v) is 4.62. The van der Waals surface area contributed by atoms with Crippen molar-refractivity contribution in [1.82, 2.24) is 5.32 Å². The first-order chi connectivity index (χ1) is 7.74. The van der Waals surface area contributed by atoms with E-state index in [1.807, 2.05) is 0 Å². The first kappa shape index (κ1) is 11.7. The Morgan fingerprint density at radius 3 is 2.94 bits per heavy atom.